The van der Waals surface area contributed by atoms with Gasteiger partial charge in [-0.05, 0) is 57.7 Å². The zero-order chi connectivity index (χ0) is 48.2. The van der Waals surface area contributed by atoms with Gasteiger partial charge in [-0.2, -0.15) is 0 Å². The average molecular weight is 932 g/mol. The van der Waals surface area contributed by atoms with E-state index in [1.807, 2.05) is 0 Å². The maximum atomic E-state index is 3.93. The molecule has 0 aliphatic heterocycles. The Bertz CT molecular complexity index is 665. The predicted molar refractivity (Wildman–Crippen MR) is 307 cm³/mol. The predicted octanol–water partition coefficient (Wildman–Crippen LogP) is 22.9. The van der Waals surface area contributed by atoms with Gasteiger partial charge in [-0.1, -0.05) is 350 Å². The summed E-state index contributed by atoms with van der Waals surface area (Å²) in [5, 5.41) is 7.45. The lowest BCUT2D eigenvalue weighted by atomic mass is 9.90. The molecule has 0 bridgehead atoms. The molecule has 400 valence electrons. The molecule has 0 aromatic rings. The Hall–Kier alpha value is -0.0800. The maximum Gasteiger partial charge on any atom is 0.00670 e. The molecule has 2 N–H and O–H groups in total. The Balaban J connectivity index is 0. The highest BCUT2D eigenvalue weighted by Gasteiger charge is 2.10. The molecule has 0 aromatic carbocycles. The van der Waals surface area contributed by atoms with Gasteiger partial charge in [0.05, 0.1) is 0 Å². The molecule has 0 aromatic heterocycles. The van der Waals surface area contributed by atoms with E-state index in [1.54, 1.807) is 0 Å². The third-order valence-electron chi connectivity index (χ3n) is 15.2. The van der Waals surface area contributed by atoms with E-state index in [0.29, 0.717) is 0 Å². The van der Waals surface area contributed by atoms with E-state index in [0.717, 1.165) is 18.5 Å². The van der Waals surface area contributed by atoms with E-state index in [1.165, 1.54) is 353 Å². The van der Waals surface area contributed by atoms with Crippen molar-refractivity contribution in [3.05, 3.63) is 0 Å². The van der Waals surface area contributed by atoms with Crippen LogP contribution in [0.2, 0.25) is 0 Å². The Morgan fingerprint density at radius 2 is 0.439 bits per heavy atom. The van der Waals surface area contributed by atoms with Crippen LogP contribution in [0.25, 0.3) is 0 Å². The average Bonchev–Trinajstić information content (AvgIpc) is 3.33. The molecular formula is C64H134N2. The number of hydrogen-bond acceptors (Lipinski definition) is 2. The first-order chi connectivity index (χ1) is 32.7. The lowest BCUT2D eigenvalue weighted by molar-refractivity contribution is 0.369. The number of rotatable bonds is 58. The summed E-state index contributed by atoms with van der Waals surface area (Å²) in [6.45, 7) is 17.4. The number of nitrogens with one attached hydrogen (secondary N) is 2. The zero-order valence-corrected chi connectivity index (χ0v) is 47.8. The van der Waals surface area contributed by atoms with Gasteiger partial charge in [-0.3, -0.25) is 0 Å². The van der Waals surface area contributed by atoms with Gasteiger partial charge in [0.2, 0.25) is 0 Å². The van der Waals surface area contributed by atoms with Crippen molar-refractivity contribution in [2.75, 3.05) is 19.6 Å². The van der Waals surface area contributed by atoms with E-state index in [9.17, 15) is 0 Å². The lowest BCUT2D eigenvalue weighted by Crippen LogP contribution is -2.30. The Morgan fingerprint density at radius 3 is 0.712 bits per heavy atom. The normalized spacial score (nSPS) is 11.6. The van der Waals surface area contributed by atoms with Crippen molar-refractivity contribution < 1.29 is 0 Å². The molecule has 0 saturated carbocycles. The molecule has 0 atom stereocenters. The Labute approximate surface area is 422 Å². The minimum atomic E-state index is 0.791. The molecule has 0 saturated heterocycles. The maximum absolute atomic E-state index is 3.93. The van der Waals surface area contributed by atoms with Crippen LogP contribution < -0.4 is 10.6 Å². The fourth-order valence-corrected chi connectivity index (χ4v) is 10.5. The van der Waals surface area contributed by atoms with E-state index in [-0.39, 0.29) is 0 Å². The van der Waals surface area contributed by atoms with E-state index in [4.69, 9.17) is 0 Å². The van der Waals surface area contributed by atoms with Crippen molar-refractivity contribution in [2.45, 2.75) is 388 Å². The summed E-state index contributed by atoms with van der Waals surface area (Å²) in [6.07, 6.45) is 77.0. The molecule has 2 nitrogen and oxygen atoms in total. The summed E-state index contributed by atoms with van der Waals surface area (Å²) >= 11 is 0. The standard InChI is InChI=1S/2C32H67N/c1-4-7-9-11-13-15-17-19-21-23-25-28-32(30-27-31-33-6-3)29-26-24-22-20-18-16-14-12-10-8-5-2;1-4-7-10-12-14-16-18-20-22-24-26-29-32(33-31-28-9-6-3)30-27-25-23-21-19-17-15-13-11-8-5-2/h2*32-33H,4-31H2,1-3H3. The van der Waals surface area contributed by atoms with Crippen LogP contribution in [0.1, 0.15) is 382 Å². The van der Waals surface area contributed by atoms with Crippen molar-refractivity contribution in [3.63, 3.8) is 0 Å². The molecule has 0 aliphatic carbocycles. The third kappa shape index (κ3) is 61.9. The minimum absolute atomic E-state index is 0.791. The monoisotopic (exact) mass is 931 g/mol. The van der Waals surface area contributed by atoms with Crippen molar-refractivity contribution in [3.8, 4) is 0 Å². The minimum Gasteiger partial charge on any atom is -0.317 e. The molecule has 0 radical (unpaired) electrons. The summed E-state index contributed by atoms with van der Waals surface area (Å²) in [5.41, 5.74) is 0. The first kappa shape index (κ1) is 68.0. The first-order valence-electron chi connectivity index (χ1n) is 32.1. The molecule has 2 heteroatoms. The summed E-state index contributed by atoms with van der Waals surface area (Å²) in [5.74, 6) is 1.00. The van der Waals surface area contributed by atoms with Gasteiger partial charge in [-0.15, -0.1) is 0 Å². The zero-order valence-electron chi connectivity index (χ0n) is 47.8. The lowest BCUT2D eigenvalue weighted by Gasteiger charge is -2.19. The Morgan fingerprint density at radius 1 is 0.212 bits per heavy atom. The SMILES string of the molecule is CCCCCCCCCCCCCC(CCCCCCCCCCCCC)CCCNCC.CCCCCCCCCCCCCC(CCCCCCCCCCCCC)NCCCCC. The number of hydrogen-bond donors (Lipinski definition) is 2. The molecule has 0 fully saturated rings. The first-order valence-corrected chi connectivity index (χ1v) is 32.1. The van der Waals surface area contributed by atoms with Crippen LogP contribution in [0.15, 0.2) is 0 Å². The molecule has 0 rings (SSSR count). The smallest absolute Gasteiger partial charge is 0.00670 e. The molecule has 0 unspecified atom stereocenters. The van der Waals surface area contributed by atoms with Gasteiger partial charge >= 0.3 is 0 Å². The van der Waals surface area contributed by atoms with Gasteiger partial charge in [0.15, 0.2) is 0 Å². The van der Waals surface area contributed by atoms with Crippen molar-refractivity contribution in [1.29, 1.82) is 0 Å². The highest BCUT2D eigenvalue weighted by Crippen LogP contribution is 2.24. The molecule has 66 heavy (non-hydrogen) atoms. The molecule has 0 spiro atoms. The summed E-state index contributed by atoms with van der Waals surface area (Å²) in [4.78, 5) is 0. The van der Waals surface area contributed by atoms with Crippen LogP contribution in [-0.2, 0) is 0 Å². The Kier molecular flexibility index (Phi) is 66.9. The largest absolute Gasteiger partial charge is 0.317 e. The quantitative estimate of drug-likeness (QED) is 0.0594. The van der Waals surface area contributed by atoms with Gasteiger partial charge in [0, 0.05) is 6.04 Å². The summed E-state index contributed by atoms with van der Waals surface area (Å²) < 4.78 is 0. The van der Waals surface area contributed by atoms with Crippen LogP contribution in [0, 0.1) is 5.92 Å². The molecule has 0 heterocycles. The molecule has 0 aliphatic rings. The van der Waals surface area contributed by atoms with E-state index >= 15 is 0 Å². The van der Waals surface area contributed by atoms with Crippen LogP contribution in [0.5, 0.6) is 0 Å². The highest BCUT2D eigenvalue weighted by atomic mass is 14.9. The molecule has 0 amide bonds. The van der Waals surface area contributed by atoms with Crippen LogP contribution in [0.4, 0.5) is 0 Å². The fraction of sp³-hybridized carbons (Fsp3) is 1.00. The second-order valence-electron chi connectivity index (χ2n) is 22.0. The van der Waals surface area contributed by atoms with E-state index in [2.05, 4.69) is 52.2 Å². The number of unbranched alkanes of at least 4 members (excludes halogenated alkanes) is 42. The second-order valence-corrected chi connectivity index (χ2v) is 22.0. The van der Waals surface area contributed by atoms with E-state index < -0.39 is 0 Å². The third-order valence-corrected chi connectivity index (χ3v) is 15.2. The fourth-order valence-electron chi connectivity index (χ4n) is 10.5. The highest BCUT2D eigenvalue weighted by molar-refractivity contribution is 4.68. The van der Waals surface area contributed by atoms with Gasteiger partial charge < -0.3 is 10.6 Å². The van der Waals surface area contributed by atoms with Gasteiger partial charge in [0.25, 0.3) is 0 Å². The van der Waals surface area contributed by atoms with Gasteiger partial charge in [-0.25, -0.2) is 0 Å². The van der Waals surface area contributed by atoms with Crippen molar-refractivity contribution >= 4 is 0 Å². The van der Waals surface area contributed by atoms with Crippen molar-refractivity contribution in [1.82, 2.24) is 10.6 Å². The second kappa shape index (κ2) is 64.9. The van der Waals surface area contributed by atoms with Gasteiger partial charge in [0.1, 0.15) is 0 Å². The van der Waals surface area contributed by atoms with Crippen LogP contribution >= 0.6 is 0 Å². The summed E-state index contributed by atoms with van der Waals surface area (Å²) in [7, 11) is 0. The van der Waals surface area contributed by atoms with Crippen molar-refractivity contribution in [2.24, 2.45) is 5.92 Å². The molecular weight excluding hydrogens is 797 g/mol. The van der Waals surface area contributed by atoms with Crippen LogP contribution in [0.3, 0.4) is 0 Å². The van der Waals surface area contributed by atoms with Crippen LogP contribution in [-0.4, -0.2) is 25.7 Å². The topological polar surface area (TPSA) is 24.1 Å². The summed E-state index contributed by atoms with van der Waals surface area (Å²) in [6, 6.07) is 0.791.